The molecule has 0 aromatic heterocycles. The Hall–Kier alpha value is -1.25. The molecular formula is C26H39O3P. The molecule has 0 fully saturated rings. The molecule has 0 aliphatic carbocycles. The minimum Gasteiger partial charge on any atom is -0.328 e. The van der Waals surface area contributed by atoms with Crippen molar-refractivity contribution in [2.24, 2.45) is 0 Å². The van der Waals surface area contributed by atoms with Gasteiger partial charge in [-0.15, -0.1) is 0 Å². The van der Waals surface area contributed by atoms with Crippen molar-refractivity contribution in [3.8, 4) is 0 Å². The van der Waals surface area contributed by atoms with E-state index in [0.29, 0.717) is 5.92 Å². The second kappa shape index (κ2) is 15.5. The third-order valence-electron chi connectivity index (χ3n) is 5.80. The third-order valence-corrected chi connectivity index (χ3v) is 6.28. The fourth-order valence-electron chi connectivity index (χ4n) is 4.15. The van der Waals surface area contributed by atoms with Crippen LogP contribution < -0.4 is 0 Å². The van der Waals surface area contributed by atoms with Crippen molar-refractivity contribution in [3.05, 3.63) is 71.8 Å². The quantitative estimate of drug-likeness (QED) is 0.212. The van der Waals surface area contributed by atoms with Gasteiger partial charge in [-0.05, 0) is 30.4 Å². The first-order valence-corrected chi connectivity index (χ1v) is 12.8. The van der Waals surface area contributed by atoms with E-state index < -0.39 is 8.60 Å². The van der Waals surface area contributed by atoms with Gasteiger partial charge in [-0.1, -0.05) is 119 Å². The topological polar surface area (TPSA) is 49.7 Å². The highest BCUT2D eigenvalue weighted by atomic mass is 31.2. The van der Waals surface area contributed by atoms with Crippen LogP contribution in [0.15, 0.2) is 60.7 Å². The lowest BCUT2D eigenvalue weighted by atomic mass is 9.87. The van der Waals surface area contributed by atoms with Crippen LogP contribution in [0.1, 0.15) is 94.6 Å². The third kappa shape index (κ3) is 10.2. The minimum atomic E-state index is -2.24. The highest BCUT2D eigenvalue weighted by molar-refractivity contribution is 7.39. The standard InChI is InChI=1S/C26H39O3P/c1-2-3-9-20-25(29-30(27)28)21-14-5-4-6-15-22-26(23-16-10-7-11-17-23)24-18-12-8-13-19-24/h7-8,10-13,16-19,25-28H,2-6,9,14-15,20-22H2,1H3. The highest BCUT2D eigenvalue weighted by Gasteiger charge is 2.15. The zero-order valence-corrected chi connectivity index (χ0v) is 19.4. The normalized spacial score (nSPS) is 12.6. The van der Waals surface area contributed by atoms with E-state index in [9.17, 15) is 9.79 Å². The minimum absolute atomic E-state index is 0.00166. The number of benzene rings is 2. The Morgan fingerprint density at radius 1 is 0.667 bits per heavy atom. The molecule has 1 atom stereocenters. The molecular weight excluding hydrogens is 391 g/mol. The van der Waals surface area contributed by atoms with E-state index in [2.05, 4.69) is 67.6 Å². The van der Waals surface area contributed by atoms with Crippen molar-refractivity contribution in [3.63, 3.8) is 0 Å². The summed E-state index contributed by atoms with van der Waals surface area (Å²) in [5.74, 6) is 0.470. The summed E-state index contributed by atoms with van der Waals surface area (Å²) >= 11 is 0. The first-order valence-electron chi connectivity index (χ1n) is 11.6. The largest absolute Gasteiger partial charge is 0.328 e. The van der Waals surface area contributed by atoms with E-state index in [1.807, 2.05) is 0 Å². The molecule has 0 amide bonds. The second-order valence-electron chi connectivity index (χ2n) is 8.20. The summed E-state index contributed by atoms with van der Waals surface area (Å²) in [5.41, 5.74) is 2.81. The fourth-order valence-corrected chi connectivity index (χ4v) is 4.63. The van der Waals surface area contributed by atoms with Gasteiger partial charge in [0.15, 0.2) is 0 Å². The molecule has 0 spiro atoms. The number of rotatable bonds is 16. The van der Waals surface area contributed by atoms with Crippen molar-refractivity contribution in [2.45, 2.75) is 89.6 Å². The van der Waals surface area contributed by atoms with Gasteiger partial charge in [0.2, 0.25) is 0 Å². The maximum absolute atomic E-state index is 9.19. The van der Waals surface area contributed by atoms with E-state index in [1.54, 1.807) is 0 Å². The molecule has 0 aliphatic rings. The predicted octanol–water partition coefficient (Wildman–Crippen LogP) is 7.73. The van der Waals surface area contributed by atoms with Crippen LogP contribution in [-0.4, -0.2) is 15.9 Å². The van der Waals surface area contributed by atoms with E-state index in [0.717, 1.165) is 25.7 Å². The smallest absolute Gasteiger partial charge is 0.327 e. The van der Waals surface area contributed by atoms with Crippen LogP contribution in [-0.2, 0) is 4.52 Å². The molecule has 0 heterocycles. The van der Waals surface area contributed by atoms with Gasteiger partial charge in [0, 0.05) is 5.92 Å². The Morgan fingerprint density at radius 3 is 1.63 bits per heavy atom. The summed E-state index contributed by atoms with van der Waals surface area (Å²) < 4.78 is 5.33. The Labute approximate surface area is 184 Å². The molecule has 30 heavy (non-hydrogen) atoms. The lowest BCUT2D eigenvalue weighted by molar-refractivity contribution is 0.147. The maximum Gasteiger partial charge on any atom is 0.327 e. The molecule has 2 aromatic carbocycles. The zero-order valence-electron chi connectivity index (χ0n) is 18.5. The van der Waals surface area contributed by atoms with Crippen LogP contribution in [0.2, 0.25) is 0 Å². The molecule has 0 bridgehead atoms. The highest BCUT2D eigenvalue weighted by Crippen LogP contribution is 2.32. The van der Waals surface area contributed by atoms with Crippen molar-refractivity contribution < 1.29 is 14.3 Å². The molecule has 0 radical (unpaired) electrons. The molecule has 2 aromatic rings. The van der Waals surface area contributed by atoms with Gasteiger partial charge < -0.3 is 14.3 Å². The maximum atomic E-state index is 9.19. The van der Waals surface area contributed by atoms with Gasteiger partial charge in [-0.25, -0.2) is 0 Å². The van der Waals surface area contributed by atoms with Crippen LogP contribution in [0.5, 0.6) is 0 Å². The second-order valence-corrected chi connectivity index (χ2v) is 8.91. The van der Waals surface area contributed by atoms with Gasteiger partial charge in [0.05, 0.1) is 6.10 Å². The summed E-state index contributed by atoms with van der Waals surface area (Å²) in [6.07, 6.45) is 12.5. The molecule has 4 heteroatoms. The van der Waals surface area contributed by atoms with Crippen LogP contribution in [0.25, 0.3) is 0 Å². The van der Waals surface area contributed by atoms with E-state index in [1.165, 1.54) is 56.1 Å². The van der Waals surface area contributed by atoms with Gasteiger partial charge in [-0.3, -0.25) is 0 Å². The van der Waals surface area contributed by atoms with E-state index in [-0.39, 0.29) is 6.10 Å². The van der Waals surface area contributed by atoms with E-state index >= 15 is 0 Å². The van der Waals surface area contributed by atoms with Crippen LogP contribution in [0.4, 0.5) is 0 Å². The van der Waals surface area contributed by atoms with E-state index in [4.69, 9.17) is 4.52 Å². The van der Waals surface area contributed by atoms with Crippen molar-refractivity contribution in [1.29, 1.82) is 0 Å². The van der Waals surface area contributed by atoms with Crippen LogP contribution in [0.3, 0.4) is 0 Å². The molecule has 1 unspecified atom stereocenters. The Balaban J connectivity index is 1.69. The number of unbranched alkanes of at least 4 members (excludes halogenated alkanes) is 6. The number of hydrogen-bond donors (Lipinski definition) is 2. The lowest BCUT2D eigenvalue weighted by Crippen LogP contribution is -2.10. The summed E-state index contributed by atoms with van der Waals surface area (Å²) in [6, 6.07) is 21.7. The molecule has 0 aliphatic heterocycles. The van der Waals surface area contributed by atoms with Gasteiger partial charge in [0.1, 0.15) is 0 Å². The zero-order chi connectivity index (χ0) is 21.4. The average Bonchev–Trinajstić information content (AvgIpc) is 2.76. The monoisotopic (exact) mass is 430 g/mol. The fraction of sp³-hybridized carbons (Fsp3) is 0.538. The Bertz CT molecular complexity index is 608. The molecule has 2 N–H and O–H groups in total. The SMILES string of the molecule is CCCCCC(CCCCCCCC(c1ccccc1)c1ccccc1)OP(O)O. The predicted molar refractivity (Wildman–Crippen MR) is 127 cm³/mol. The first-order chi connectivity index (χ1) is 14.7. The molecule has 166 valence electrons. The van der Waals surface area contributed by atoms with Crippen molar-refractivity contribution in [1.82, 2.24) is 0 Å². The lowest BCUT2D eigenvalue weighted by Gasteiger charge is -2.19. The summed E-state index contributed by atoms with van der Waals surface area (Å²) in [7, 11) is -2.24. The first kappa shape index (κ1) is 25.0. The Kier molecular flexibility index (Phi) is 13.0. The summed E-state index contributed by atoms with van der Waals surface area (Å²) in [4.78, 5) is 18.4. The van der Waals surface area contributed by atoms with Crippen LogP contribution >= 0.6 is 8.60 Å². The van der Waals surface area contributed by atoms with Crippen molar-refractivity contribution >= 4 is 8.60 Å². The molecule has 3 nitrogen and oxygen atoms in total. The number of hydrogen-bond acceptors (Lipinski definition) is 3. The molecule has 2 rings (SSSR count). The Morgan fingerprint density at radius 2 is 1.13 bits per heavy atom. The summed E-state index contributed by atoms with van der Waals surface area (Å²) in [5, 5.41) is 0. The van der Waals surface area contributed by atoms with Gasteiger partial charge >= 0.3 is 8.60 Å². The molecule has 0 saturated heterocycles. The summed E-state index contributed by atoms with van der Waals surface area (Å²) in [6.45, 7) is 2.18. The molecule has 0 saturated carbocycles. The van der Waals surface area contributed by atoms with Gasteiger partial charge in [0.25, 0.3) is 0 Å². The van der Waals surface area contributed by atoms with Gasteiger partial charge in [-0.2, -0.15) is 0 Å². The van der Waals surface area contributed by atoms with Crippen molar-refractivity contribution in [2.75, 3.05) is 0 Å². The van der Waals surface area contributed by atoms with Crippen LogP contribution in [0, 0.1) is 0 Å². The average molecular weight is 431 g/mol.